The first-order valence-electron chi connectivity index (χ1n) is 5.51. The summed E-state index contributed by atoms with van der Waals surface area (Å²) in [6.07, 6.45) is -0.239. The molecule has 6 nitrogen and oxygen atoms in total. The second-order valence-electron chi connectivity index (χ2n) is 3.93. The maximum absolute atomic E-state index is 11.5. The highest BCUT2D eigenvalue weighted by molar-refractivity contribution is 6.00. The van der Waals surface area contributed by atoms with E-state index in [4.69, 9.17) is 5.11 Å². The lowest BCUT2D eigenvalue weighted by atomic mass is 10.2. The number of aromatic nitrogens is 2. The first-order valence-corrected chi connectivity index (χ1v) is 5.51. The summed E-state index contributed by atoms with van der Waals surface area (Å²) in [5.74, 6) is -0.874. The second kappa shape index (κ2) is 4.87. The molecule has 0 saturated carbocycles. The number of hydrogen-bond donors (Lipinski definition) is 2. The van der Waals surface area contributed by atoms with Crippen LogP contribution in [0.1, 0.15) is 12.8 Å². The molecule has 1 amide bonds. The zero-order valence-corrected chi connectivity index (χ0v) is 9.88. The van der Waals surface area contributed by atoms with Gasteiger partial charge in [0.15, 0.2) is 5.82 Å². The van der Waals surface area contributed by atoms with E-state index in [1.54, 1.807) is 11.7 Å². The number of carbonyl (C=O) groups is 2. The van der Waals surface area contributed by atoms with Crippen LogP contribution >= 0.6 is 0 Å². The molecular formula is C12H13N3O3. The van der Waals surface area contributed by atoms with Crippen LogP contribution < -0.4 is 5.32 Å². The van der Waals surface area contributed by atoms with Gasteiger partial charge in [-0.3, -0.25) is 14.3 Å². The highest BCUT2D eigenvalue weighted by atomic mass is 16.4. The molecule has 1 heterocycles. The smallest absolute Gasteiger partial charge is 0.303 e. The van der Waals surface area contributed by atoms with Crippen molar-refractivity contribution in [2.75, 3.05) is 5.32 Å². The fourth-order valence-corrected chi connectivity index (χ4v) is 1.72. The molecule has 18 heavy (non-hydrogen) atoms. The Kier molecular flexibility index (Phi) is 3.27. The number of anilines is 1. The fourth-order valence-electron chi connectivity index (χ4n) is 1.72. The Bertz CT molecular complexity index is 604. The molecule has 0 radical (unpaired) electrons. The van der Waals surface area contributed by atoms with Crippen molar-refractivity contribution in [1.29, 1.82) is 0 Å². The van der Waals surface area contributed by atoms with Gasteiger partial charge in [-0.05, 0) is 12.1 Å². The van der Waals surface area contributed by atoms with E-state index in [0.717, 1.165) is 10.9 Å². The Balaban J connectivity index is 2.17. The van der Waals surface area contributed by atoms with E-state index >= 15 is 0 Å². The predicted molar refractivity (Wildman–Crippen MR) is 66.2 cm³/mol. The molecule has 2 N–H and O–H groups in total. The van der Waals surface area contributed by atoms with Crippen LogP contribution in [0.2, 0.25) is 0 Å². The number of para-hydroxylation sites is 1. The van der Waals surface area contributed by atoms with E-state index in [0.29, 0.717) is 5.82 Å². The average molecular weight is 247 g/mol. The van der Waals surface area contributed by atoms with Crippen molar-refractivity contribution in [3.8, 4) is 0 Å². The Hall–Kier alpha value is -2.37. The van der Waals surface area contributed by atoms with E-state index in [1.807, 2.05) is 24.3 Å². The van der Waals surface area contributed by atoms with Crippen LogP contribution in [0.5, 0.6) is 0 Å². The van der Waals surface area contributed by atoms with Gasteiger partial charge in [0.1, 0.15) is 0 Å². The van der Waals surface area contributed by atoms with Gasteiger partial charge in [-0.2, -0.15) is 5.10 Å². The number of amides is 1. The average Bonchev–Trinajstić information content (AvgIpc) is 2.65. The molecule has 94 valence electrons. The molecule has 0 saturated heterocycles. The molecule has 0 aliphatic rings. The number of carboxylic acids is 1. The van der Waals surface area contributed by atoms with E-state index in [2.05, 4.69) is 10.4 Å². The number of carbonyl (C=O) groups excluding carboxylic acids is 1. The molecule has 0 bridgehead atoms. The maximum Gasteiger partial charge on any atom is 0.303 e. The number of nitrogens with one attached hydrogen (secondary N) is 1. The fraction of sp³-hybridized carbons (Fsp3) is 0.250. The standard InChI is InChI=1S/C12H13N3O3/c1-15-9-5-3-2-4-8(9)12(14-15)13-10(16)6-7-11(17)18/h2-5H,6-7H2,1H3,(H,17,18)(H,13,14,16). The number of aliphatic carboxylic acids is 1. The summed E-state index contributed by atoms with van der Waals surface area (Å²) < 4.78 is 1.67. The first-order chi connectivity index (χ1) is 8.58. The molecule has 0 unspecified atom stereocenters. The van der Waals surface area contributed by atoms with Crippen LogP contribution in [0.4, 0.5) is 5.82 Å². The normalized spacial score (nSPS) is 10.5. The first kappa shape index (κ1) is 12.1. The number of fused-ring (bicyclic) bond motifs is 1. The van der Waals surface area contributed by atoms with Gasteiger partial charge in [0.05, 0.1) is 11.9 Å². The second-order valence-corrected chi connectivity index (χ2v) is 3.93. The minimum absolute atomic E-state index is 0.0553. The summed E-state index contributed by atoms with van der Waals surface area (Å²) in [6, 6.07) is 7.50. The van der Waals surface area contributed by atoms with Crippen molar-refractivity contribution < 1.29 is 14.7 Å². The van der Waals surface area contributed by atoms with Crippen LogP contribution in [-0.2, 0) is 16.6 Å². The van der Waals surface area contributed by atoms with E-state index in [-0.39, 0.29) is 18.7 Å². The van der Waals surface area contributed by atoms with Gasteiger partial charge in [-0.1, -0.05) is 12.1 Å². The van der Waals surface area contributed by atoms with Gasteiger partial charge in [-0.25, -0.2) is 0 Å². The van der Waals surface area contributed by atoms with Crippen LogP contribution in [-0.4, -0.2) is 26.8 Å². The SMILES string of the molecule is Cn1nc(NC(=O)CCC(=O)O)c2ccccc21. The lowest BCUT2D eigenvalue weighted by Crippen LogP contribution is -2.13. The Labute approximate surface area is 103 Å². The van der Waals surface area contributed by atoms with Gasteiger partial charge < -0.3 is 10.4 Å². The van der Waals surface area contributed by atoms with Crippen molar-refractivity contribution in [3.05, 3.63) is 24.3 Å². The summed E-state index contributed by atoms with van der Waals surface area (Å²) in [7, 11) is 1.79. The summed E-state index contributed by atoms with van der Waals surface area (Å²) in [4.78, 5) is 21.9. The van der Waals surface area contributed by atoms with Crippen LogP contribution in [0.25, 0.3) is 10.9 Å². The Morgan fingerprint density at radius 3 is 2.78 bits per heavy atom. The van der Waals surface area contributed by atoms with Crippen molar-refractivity contribution >= 4 is 28.6 Å². The minimum Gasteiger partial charge on any atom is -0.481 e. The Morgan fingerprint density at radius 2 is 2.06 bits per heavy atom. The minimum atomic E-state index is -0.990. The molecule has 2 aromatic rings. The number of aryl methyl sites for hydroxylation is 1. The third-order valence-corrected chi connectivity index (χ3v) is 2.58. The highest BCUT2D eigenvalue weighted by Crippen LogP contribution is 2.21. The molecular weight excluding hydrogens is 234 g/mol. The van der Waals surface area contributed by atoms with Crippen LogP contribution in [0.15, 0.2) is 24.3 Å². The van der Waals surface area contributed by atoms with Crippen LogP contribution in [0.3, 0.4) is 0 Å². The number of nitrogens with zero attached hydrogens (tertiary/aromatic N) is 2. The molecule has 0 atom stereocenters. The molecule has 1 aromatic heterocycles. The molecule has 0 fully saturated rings. The van der Waals surface area contributed by atoms with Gasteiger partial charge in [-0.15, -0.1) is 0 Å². The molecule has 0 spiro atoms. The lowest BCUT2D eigenvalue weighted by molar-refractivity contribution is -0.138. The summed E-state index contributed by atoms with van der Waals surface area (Å²) in [6.45, 7) is 0. The van der Waals surface area contributed by atoms with E-state index in [1.165, 1.54) is 0 Å². The maximum atomic E-state index is 11.5. The number of hydrogen-bond acceptors (Lipinski definition) is 3. The van der Waals surface area contributed by atoms with Crippen molar-refractivity contribution in [2.24, 2.45) is 7.05 Å². The third kappa shape index (κ3) is 2.48. The summed E-state index contributed by atoms with van der Waals surface area (Å²) in [5.41, 5.74) is 0.908. The largest absolute Gasteiger partial charge is 0.481 e. The topological polar surface area (TPSA) is 84.2 Å². The third-order valence-electron chi connectivity index (χ3n) is 2.58. The van der Waals surface area contributed by atoms with Crippen molar-refractivity contribution in [1.82, 2.24) is 9.78 Å². The Morgan fingerprint density at radius 1 is 1.33 bits per heavy atom. The monoisotopic (exact) mass is 247 g/mol. The molecule has 1 aromatic carbocycles. The van der Waals surface area contributed by atoms with E-state index in [9.17, 15) is 9.59 Å². The van der Waals surface area contributed by atoms with E-state index < -0.39 is 5.97 Å². The summed E-state index contributed by atoms with van der Waals surface area (Å²) >= 11 is 0. The molecule has 2 rings (SSSR count). The zero-order valence-electron chi connectivity index (χ0n) is 9.88. The number of benzene rings is 1. The zero-order chi connectivity index (χ0) is 13.1. The van der Waals surface area contributed by atoms with Gasteiger partial charge >= 0.3 is 5.97 Å². The number of carboxylic acid groups (broad SMARTS) is 1. The summed E-state index contributed by atoms with van der Waals surface area (Å²) in [5, 5.41) is 16.2. The molecule has 0 aliphatic heterocycles. The predicted octanol–water partition coefficient (Wildman–Crippen LogP) is 1.38. The van der Waals surface area contributed by atoms with Gasteiger partial charge in [0, 0.05) is 18.9 Å². The van der Waals surface area contributed by atoms with Crippen LogP contribution in [0, 0.1) is 0 Å². The van der Waals surface area contributed by atoms with Crippen molar-refractivity contribution in [3.63, 3.8) is 0 Å². The van der Waals surface area contributed by atoms with Gasteiger partial charge in [0.2, 0.25) is 5.91 Å². The quantitative estimate of drug-likeness (QED) is 0.854. The number of rotatable bonds is 4. The molecule has 0 aliphatic carbocycles. The lowest BCUT2D eigenvalue weighted by Gasteiger charge is -2.00. The van der Waals surface area contributed by atoms with Crippen molar-refractivity contribution in [2.45, 2.75) is 12.8 Å². The van der Waals surface area contributed by atoms with Gasteiger partial charge in [0.25, 0.3) is 0 Å². The molecule has 6 heteroatoms. The highest BCUT2D eigenvalue weighted by Gasteiger charge is 2.11.